The minimum absolute atomic E-state index is 0.0313. The Morgan fingerprint density at radius 2 is 2.00 bits per heavy atom. The Balaban J connectivity index is 2.00. The Morgan fingerprint density at radius 3 is 2.65 bits per heavy atom. The van der Waals surface area contributed by atoms with Crippen molar-refractivity contribution in [3.05, 3.63) is 35.6 Å². The maximum Gasteiger partial charge on any atom is 0.123 e. The Hall–Kier alpha value is -0.930. The van der Waals surface area contributed by atoms with Crippen LogP contribution in [0.1, 0.15) is 30.7 Å². The molecule has 1 N–H and O–H groups in total. The summed E-state index contributed by atoms with van der Waals surface area (Å²) in [7, 11) is 0. The summed E-state index contributed by atoms with van der Waals surface area (Å²) in [6.45, 7) is 3.12. The topological polar surface area (TPSA) is 23.5 Å². The first kappa shape index (κ1) is 12.5. The molecule has 0 aliphatic carbocycles. The van der Waals surface area contributed by atoms with Crippen LogP contribution in [0.25, 0.3) is 0 Å². The van der Waals surface area contributed by atoms with Gasteiger partial charge in [-0.15, -0.1) is 0 Å². The molecule has 0 amide bonds. The molecule has 3 heteroatoms. The largest absolute Gasteiger partial charge is 0.396 e. The average Bonchev–Trinajstić information content (AvgIpc) is 2.37. The lowest BCUT2D eigenvalue weighted by molar-refractivity contribution is 0.178. The minimum Gasteiger partial charge on any atom is -0.396 e. The molecule has 1 aliphatic rings. The Morgan fingerprint density at radius 1 is 1.24 bits per heavy atom. The fraction of sp³-hybridized carbons (Fsp3) is 0.571. The first-order chi connectivity index (χ1) is 8.29. The second-order valence-electron chi connectivity index (χ2n) is 4.80. The van der Waals surface area contributed by atoms with Gasteiger partial charge in [0.2, 0.25) is 0 Å². The second-order valence-corrected chi connectivity index (χ2v) is 4.80. The SMILES string of the molecule is OCC(CN1CCCCC1)c1cccc(F)c1. The number of hydrogen-bond donors (Lipinski definition) is 1. The van der Waals surface area contributed by atoms with Crippen LogP contribution in [0.4, 0.5) is 4.39 Å². The lowest BCUT2D eigenvalue weighted by Gasteiger charge is -2.30. The van der Waals surface area contributed by atoms with E-state index in [2.05, 4.69) is 4.90 Å². The molecule has 0 spiro atoms. The predicted octanol–water partition coefficient (Wildman–Crippen LogP) is 2.39. The van der Waals surface area contributed by atoms with Gasteiger partial charge in [-0.1, -0.05) is 18.6 Å². The van der Waals surface area contributed by atoms with Crippen molar-refractivity contribution in [2.45, 2.75) is 25.2 Å². The summed E-state index contributed by atoms with van der Waals surface area (Å²) in [5.41, 5.74) is 0.901. The van der Waals surface area contributed by atoms with Crippen molar-refractivity contribution in [3.63, 3.8) is 0 Å². The third-order valence-electron chi connectivity index (χ3n) is 3.47. The molecule has 1 heterocycles. The molecular formula is C14H20FNO. The Bertz CT molecular complexity index is 350. The van der Waals surface area contributed by atoms with E-state index in [1.54, 1.807) is 6.07 Å². The van der Waals surface area contributed by atoms with Gasteiger partial charge in [-0.3, -0.25) is 0 Å². The van der Waals surface area contributed by atoms with E-state index >= 15 is 0 Å². The molecule has 1 fully saturated rings. The molecule has 0 bridgehead atoms. The number of rotatable bonds is 4. The number of halogens is 1. The van der Waals surface area contributed by atoms with Crippen molar-refractivity contribution in [2.24, 2.45) is 0 Å². The van der Waals surface area contributed by atoms with Crippen LogP contribution in [0.5, 0.6) is 0 Å². The molecule has 1 atom stereocenters. The number of aliphatic hydroxyl groups is 1. The van der Waals surface area contributed by atoms with E-state index in [-0.39, 0.29) is 18.3 Å². The zero-order valence-electron chi connectivity index (χ0n) is 10.1. The number of benzene rings is 1. The number of piperidine rings is 1. The number of aliphatic hydroxyl groups excluding tert-OH is 1. The Kier molecular flexibility index (Phi) is 4.51. The van der Waals surface area contributed by atoms with Crippen LogP contribution < -0.4 is 0 Å². The third-order valence-corrected chi connectivity index (χ3v) is 3.47. The molecule has 1 aromatic carbocycles. The van der Waals surface area contributed by atoms with Crippen LogP contribution in [0.2, 0.25) is 0 Å². The fourth-order valence-corrected chi connectivity index (χ4v) is 2.48. The zero-order chi connectivity index (χ0) is 12.1. The van der Waals surface area contributed by atoms with E-state index in [4.69, 9.17) is 0 Å². The molecule has 0 aromatic heterocycles. The summed E-state index contributed by atoms with van der Waals surface area (Å²) >= 11 is 0. The second kappa shape index (κ2) is 6.12. The summed E-state index contributed by atoms with van der Waals surface area (Å²) < 4.78 is 13.1. The van der Waals surface area contributed by atoms with Crippen molar-refractivity contribution in [3.8, 4) is 0 Å². The Labute approximate surface area is 102 Å². The van der Waals surface area contributed by atoms with Crippen molar-refractivity contribution in [2.75, 3.05) is 26.2 Å². The summed E-state index contributed by atoms with van der Waals surface area (Å²) in [6, 6.07) is 6.58. The zero-order valence-corrected chi connectivity index (χ0v) is 10.1. The molecule has 0 radical (unpaired) electrons. The molecular weight excluding hydrogens is 217 g/mol. The van der Waals surface area contributed by atoms with Crippen LogP contribution in [0.3, 0.4) is 0 Å². The quantitative estimate of drug-likeness (QED) is 0.869. The van der Waals surface area contributed by atoms with E-state index in [1.807, 2.05) is 6.07 Å². The van der Waals surface area contributed by atoms with Gasteiger partial charge in [0, 0.05) is 12.5 Å². The summed E-state index contributed by atoms with van der Waals surface area (Å²) in [6.07, 6.45) is 3.78. The van der Waals surface area contributed by atoms with Gasteiger partial charge in [0.15, 0.2) is 0 Å². The molecule has 1 aliphatic heterocycles. The van der Waals surface area contributed by atoms with Crippen molar-refractivity contribution in [1.82, 2.24) is 4.90 Å². The van der Waals surface area contributed by atoms with Gasteiger partial charge in [-0.05, 0) is 43.6 Å². The van der Waals surface area contributed by atoms with Crippen molar-refractivity contribution in [1.29, 1.82) is 0 Å². The first-order valence-corrected chi connectivity index (χ1v) is 6.38. The molecule has 0 saturated carbocycles. The van der Waals surface area contributed by atoms with Gasteiger partial charge in [0.25, 0.3) is 0 Å². The van der Waals surface area contributed by atoms with Gasteiger partial charge in [-0.25, -0.2) is 4.39 Å². The maximum atomic E-state index is 13.1. The highest BCUT2D eigenvalue weighted by molar-refractivity contribution is 5.21. The van der Waals surface area contributed by atoms with E-state index in [0.717, 1.165) is 25.2 Å². The van der Waals surface area contributed by atoms with Crippen molar-refractivity contribution < 1.29 is 9.50 Å². The highest BCUT2D eigenvalue weighted by Crippen LogP contribution is 2.20. The van der Waals surface area contributed by atoms with Gasteiger partial charge in [0.05, 0.1) is 6.61 Å². The molecule has 1 saturated heterocycles. The predicted molar refractivity (Wildman–Crippen MR) is 66.5 cm³/mol. The lowest BCUT2D eigenvalue weighted by atomic mass is 9.98. The standard InChI is InChI=1S/C14H20FNO/c15-14-6-4-5-12(9-14)13(11-17)10-16-7-2-1-3-8-16/h4-6,9,13,17H,1-3,7-8,10-11H2. The number of nitrogens with zero attached hydrogens (tertiary/aromatic N) is 1. The van der Waals surface area contributed by atoms with Crippen LogP contribution in [-0.4, -0.2) is 36.2 Å². The smallest absolute Gasteiger partial charge is 0.123 e. The monoisotopic (exact) mass is 237 g/mol. The first-order valence-electron chi connectivity index (χ1n) is 6.38. The average molecular weight is 237 g/mol. The van der Waals surface area contributed by atoms with Gasteiger partial charge in [-0.2, -0.15) is 0 Å². The maximum absolute atomic E-state index is 13.1. The molecule has 1 aromatic rings. The highest BCUT2D eigenvalue weighted by Gasteiger charge is 2.17. The van der Waals surface area contributed by atoms with Crippen LogP contribution in [-0.2, 0) is 0 Å². The van der Waals surface area contributed by atoms with Gasteiger partial charge < -0.3 is 10.0 Å². The summed E-state index contributed by atoms with van der Waals surface area (Å²) in [4.78, 5) is 2.37. The summed E-state index contributed by atoms with van der Waals surface area (Å²) in [5, 5.41) is 9.45. The molecule has 1 unspecified atom stereocenters. The number of hydrogen-bond acceptors (Lipinski definition) is 2. The van der Waals surface area contributed by atoms with Gasteiger partial charge in [0.1, 0.15) is 5.82 Å². The van der Waals surface area contributed by atoms with E-state index in [1.165, 1.54) is 31.4 Å². The molecule has 94 valence electrons. The van der Waals surface area contributed by atoms with Crippen LogP contribution in [0.15, 0.2) is 24.3 Å². The van der Waals surface area contributed by atoms with E-state index in [0.29, 0.717) is 0 Å². The van der Waals surface area contributed by atoms with E-state index < -0.39 is 0 Å². The van der Waals surface area contributed by atoms with Crippen LogP contribution >= 0.6 is 0 Å². The highest BCUT2D eigenvalue weighted by atomic mass is 19.1. The lowest BCUT2D eigenvalue weighted by Crippen LogP contribution is -2.34. The van der Waals surface area contributed by atoms with E-state index in [9.17, 15) is 9.50 Å². The van der Waals surface area contributed by atoms with Crippen molar-refractivity contribution >= 4 is 0 Å². The van der Waals surface area contributed by atoms with Crippen LogP contribution in [0, 0.1) is 5.82 Å². The normalized spacial score (nSPS) is 19.2. The molecule has 17 heavy (non-hydrogen) atoms. The summed E-state index contributed by atoms with van der Waals surface area (Å²) in [5.74, 6) is -0.191. The number of likely N-dealkylation sites (tertiary alicyclic amines) is 1. The van der Waals surface area contributed by atoms with Gasteiger partial charge >= 0.3 is 0 Å². The fourth-order valence-electron chi connectivity index (χ4n) is 2.48. The molecule has 2 rings (SSSR count). The molecule has 2 nitrogen and oxygen atoms in total. The minimum atomic E-state index is -0.223. The third kappa shape index (κ3) is 3.51.